The first-order valence-corrected chi connectivity index (χ1v) is 12.8. The molecule has 2 fully saturated rings. The van der Waals surface area contributed by atoms with E-state index in [-0.39, 0.29) is 29.4 Å². The Bertz CT molecular complexity index is 1070. The van der Waals surface area contributed by atoms with Gasteiger partial charge in [-0.05, 0) is 55.9 Å². The lowest BCUT2D eigenvalue weighted by Crippen LogP contribution is -2.46. The molecule has 2 aliphatic heterocycles. The van der Waals surface area contributed by atoms with E-state index in [1.165, 1.54) is 17.3 Å². The second-order valence-electron chi connectivity index (χ2n) is 9.08. The Morgan fingerprint density at radius 1 is 0.970 bits per heavy atom. The highest BCUT2D eigenvalue weighted by molar-refractivity contribution is 8.00. The average Bonchev–Trinajstić information content (AvgIpc) is 3.57. The molecule has 1 saturated heterocycles. The first kappa shape index (κ1) is 22.0. The fourth-order valence-corrected chi connectivity index (χ4v) is 5.60. The Hall–Kier alpha value is -2.80. The highest BCUT2D eigenvalue weighted by atomic mass is 32.2. The highest BCUT2D eigenvalue weighted by Gasteiger charge is 2.33. The summed E-state index contributed by atoms with van der Waals surface area (Å²) in [6, 6.07) is 15.9. The topological polar surface area (TPSA) is 69.7 Å². The van der Waals surface area contributed by atoms with Crippen LogP contribution in [0.3, 0.4) is 0 Å². The van der Waals surface area contributed by atoms with Crippen LogP contribution >= 0.6 is 11.8 Å². The zero-order valence-corrected chi connectivity index (χ0v) is 19.5. The minimum Gasteiger partial charge on any atom is -0.353 e. The molecular weight excluding hydrogens is 434 g/mol. The number of likely N-dealkylation sites (tertiary alicyclic amines) is 1. The van der Waals surface area contributed by atoms with Crippen molar-refractivity contribution in [2.45, 2.75) is 43.0 Å². The molecule has 1 saturated carbocycles. The van der Waals surface area contributed by atoms with Gasteiger partial charge in [0, 0.05) is 36.3 Å². The molecule has 3 amide bonds. The van der Waals surface area contributed by atoms with E-state index >= 15 is 0 Å². The van der Waals surface area contributed by atoms with Crippen molar-refractivity contribution in [1.29, 1.82) is 0 Å². The molecule has 0 radical (unpaired) electrons. The lowest BCUT2D eigenvalue weighted by molar-refractivity contribution is -0.126. The molecule has 2 aromatic carbocycles. The number of anilines is 1. The lowest BCUT2D eigenvalue weighted by atomic mass is 9.96. The van der Waals surface area contributed by atoms with E-state index in [2.05, 4.69) is 11.4 Å². The predicted octanol–water partition coefficient (Wildman–Crippen LogP) is 3.50. The number of para-hydroxylation sites is 1. The molecule has 33 heavy (non-hydrogen) atoms. The van der Waals surface area contributed by atoms with Crippen molar-refractivity contribution < 1.29 is 14.4 Å². The monoisotopic (exact) mass is 463 g/mol. The average molecular weight is 464 g/mol. The summed E-state index contributed by atoms with van der Waals surface area (Å²) in [4.78, 5) is 43.3. The fraction of sp³-hybridized carbons (Fsp3) is 0.423. The quantitative estimate of drug-likeness (QED) is 0.666. The highest BCUT2D eigenvalue weighted by Crippen LogP contribution is 2.31. The number of carbonyl (C=O) groups excluding carboxylic acids is 3. The minimum absolute atomic E-state index is 0.0546. The molecule has 1 N–H and O–H groups in total. The number of benzene rings is 2. The third-order valence-corrected chi connectivity index (χ3v) is 7.72. The van der Waals surface area contributed by atoms with Gasteiger partial charge < -0.3 is 15.1 Å². The maximum atomic E-state index is 13.4. The molecular formula is C26H29N3O3S. The van der Waals surface area contributed by atoms with Gasteiger partial charge in [-0.15, -0.1) is 11.8 Å². The number of carbonyl (C=O) groups is 3. The molecule has 1 unspecified atom stereocenters. The van der Waals surface area contributed by atoms with Crippen molar-refractivity contribution in [3.63, 3.8) is 0 Å². The molecule has 6 nitrogen and oxygen atoms in total. The molecule has 5 rings (SSSR count). The Labute approximate surface area is 198 Å². The van der Waals surface area contributed by atoms with Crippen molar-refractivity contribution in [3.05, 3.63) is 59.7 Å². The van der Waals surface area contributed by atoms with Crippen LogP contribution in [0, 0.1) is 5.92 Å². The number of amides is 3. The van der Waals surface area contributed by atoms with Gasteiger partial charge >= 0.3 is 0 Å². The number of piperidine rings is 1. The van der Waals surface area contributed by atoms with E-state index < -0.39 is 0 Å². The standard InChI is InChI=1S/C26H29N3O3S/c30-24(29-15-13-18-6-1-3-9-22(18)29)17-33-23-10-4-2-8-21(23)26(32)28-14-5-7-19(16-28)25(31)27-20-11-12-20/h1-4,6,8-10,19-20H,5,7,11-17H2,(H,27,31). The molecule has 0 aromatic heterocycles. The van der Waals surface area contributed by atoms with Crippen LogP contribution in [0.4, 0.5) is 5.69 Å². The third kappa shape index (κ3) is 4.93. The van der Waals surface area contributed by atoms with Crippen LogP contribution in [0.2, 0.25) is 0 Å². The van der Waals surface area contributed by atoms with Crippen molar-refractivity contribution in [2.24, 2.45) is 5.92 Å². The van der Waals surface area contributed by atoms with Crippen molar-refractivity contribution in [1.82, 2.24) is 10.2 Å². The fourth-order valence-electron chi connectivity index (χ4n) is 4.68. The van der Waals surface area contributed by atoms with Gasteiger partial charge in [0.05, 0.1) is 17.2 Å². The second kappa shape index (κ2) is 9.59. The zero-order valence-electron chi connectivity index (χ0n) is 18.7. The SMILES string of the molecule is O=C(NC1CC1)C1CCCN(C(=O)c2ccccc2SCC(=O)N2CCc3ccccc32)C1. The van der Waals surface area contributed by atoms with Gasteiger partial charge in [0.1, 0.15) is 0 Å². The van der Waals surface area contributed by atoms with E-state index in [1.807, 2.05) is 47.4 Å². The number of nitrogens with zero attached hydrogens (tertiary/aromatic N) is 2. The summed E-state index contributed by atoms with van der Waals surface area (Å²) in [6.07, 6.45) is 4.66. The number of hydrogen-bond donors (Lipinski definition) is 1. The van der Waals surface area contributed by atoms with Gasteiger partial charge in [-0.2, -0.15) is 0 Å². The second-order valence-corrected chi connectivity index (χ2v) is 10.1. The molecule has 7 heteroatoms. The van der Waals surface area contributed by atoms with Gasteiger partial charge in [-0.1, -0.05) is 30.3 Å². The summed E-state index contributed by atoms with van der Waals surface area (Å²) >= 11 is 1.41. The Morgan fingerprint density at radius 3 is 2.61 bits per heavy atom. The number of rotatable bonds is 6. The predicted molar refractivity (Wildman–Crippen MR) is 129 cm³/mol. The van der Waals surface area contributed by atoms with Crippen LogP contribution in [-0.4, -0.2) is 54.1 Å². The largest absolute Gasteiger partial charge is 0.353 e. The summed E-state index contributed by atoms with van der Waals surface area (Å²) in [5.41, 5.74) is 2.81. The van der Waals surface area contributed by atoms with Crippen molar-refractivity contribution in [3.8, 4) is 0 Å². The Balaban J connectivity index is 1.23. The maximum absolute atomic E-state index is 13.4. The van der Waals surface area contributed by atoms with Crippen LogP contribution in [0.1, 0.15) is 41.6 Å². The normalized spacial score (nSPS) is 19.8. The van der Waals surface area contributed by atoms with Crippen LogP contribution in [0.15, 0.2) is 53.4 Å². The summed E-state index contributed by atoms with van der Waals surface area (Å²) < 4.78 is 0. The van der Waals surface area contributed by atoms with Crippen LogP contribution in [-0.2, 0) is 16.0 Å². The number of hydrogen-bond acceptors (Lipinski definition) is 4. The first-order chi connectivity index (χ1) is 16.1. The van der Waals surface area contributed by atoms with Crippen molar-refractivity contribution in [2.75, 3.05) is 30.3 Å². The van der Waals surface area contributed by atoms with Crippen LogP contribution < -0.4 is 10.2 Å². The molecule has 2 heterocycles. The number of fused-ring (bicyclic) bond motifs is 1. The van der Waals surface area contributed by atoms with Gasteiger partial charge in [0.15, 0.2) is 0 Å². The Kier molecular flexibility index (Phi) is 6.40. The molecule has 3 aliphatic rings. The summed E-state index contributed by atoms with van der Waals surface area (Å²) in [5.74, 6) is 0.225. The smallest absolute Gasteiger partial charge is 0.255 e. The van der Waals surface area contributed by atoms with Crippen LogP contribution in [0.25, 0.3) is 0 Å². The van der Waals surface area contributed by atoms with E-state index in [0.29, 0.717) is 31.2 Å². The van der Waals surface area contributed by atoms with E-state index in [0.717, 1.165) is 42.7 Å². The van der Waals surface area contributed by atoms with Gasteiger partial charge in [-0.25, -0.2) is 0 Å². The van der Waals surface area contributed by atoms with E-state index in [4.69, 9.17) is 0 Å². The van der Waals surface area contributed by atoms with Gasteiger partial charge in [0.25, 0.3) is 5.91 Å². The maximum Gasteiger partial charge on any atom is 0.255 e. The molecule has 172 valence electrons. The number of thioether (sulfide) groups is 1. The molecule has 0 spiro atoms. The van der Waals surface area contributed by atoms with Gasteiger partial charge in [0.2, 0.25) is 11.8 Å². The summed E-state index contributed by atoms with van der Waals surface area (Å²) in [7, 11) is 0. The first-order valence-electron chi connectivity index (χ1n) is 11.8. The lowest BCUT2D eigenvalue weighted by Gasteiger charge is -2.32. The van der Waals surface area contributed by atoms with Crippen LogP contribution in [0.5, 0.6) is 0 Å². The van der Waals surface area contributed by atoms with E-state index in [1.54, 1.807) is 4.90 Å². The van der Waals surface area contributed by atoms with Gasteiger partial charge in [-0.3, -0.25) is 14.4 Å². The minimum atomic E-state index is -0.139. The van der Waals surface area contributed by atoms with E-state index in [9.17, 15) is 14.4 Å². The molecule has 0 bridgehead atoms. The van der Waals surface area contributed by atoms with Crippen molar-refractivity contribution >= 4 is 35.2 Å². The Morgan fingerprint density at radius 2 is 1.76 bits per heavy atom. The molecule has 1 atom stereocenters. The summed E-state index contributed by atoms with van der Waals surface area (Å²) in [6.45, 7) is 1.83. The molecule has 2 aromatic rings. The molecule has 1 aliphatic carbocycles. The summed E-state index contributed by atoms with van der Waals surface area (Å²) in [5, 5.41) is 3.08. The zero-order chi connectivity index (χ0) is 22.8. The third-order valence-electron chi connectivity index (χ3n) is 6.66. The number of nitrogens with one attached hydrogen (secondary N) is 1.